The molecule has 2 nitrogen and oxygen atoms in total. The summed E-state index contributed by atoms with van der Waals surface area (Å²) in [6.45, 7) is 2.35. The lowest BCUT2D eigenvalue weighted by Gasteiger charge is -2.31. The Bertz CT molecular complexity index is 289. The fourth-order valence-electron chi connectivity index (χ4n) is 2.46. The molecule has 1 aromatic carbocycles. The fraction of sp³-hybridized carbons (Fsp3) is 0.538. The summed E-state index contributed by atoms with van der Waals surface area (Å²) in [7, 11) is 0. The van der Waals surface area contributed by atoms with Crippen molar-refractivity contribution in [2.45, 2.75) is 24.7 Å². The van der Waals surface area contributed by atoms with Crippen LogP contribution in [0.1, 0.15) is 24.8 Å². The van der Waals surface area contributed by atoms with Gasteiger partial charge in [0.15, 0.2) is 0 Å². The van der Waals surface area contributed by atoms with Crippen molar-refractivity contribution in [3.63, 3.8) is 0 Å². The first kappa shape index (κ1) is 10.7. The van der Waals surface area contributed by atoms with E-state index in [1.807, 2.05) is 6.07 Å². The predicted molar refractivity (Wildman–Crippen MR) is 61.9 cm³/mol. The van der Waals surface area contributed by atoms with Crippen molar-refractivity contribution in [2.24, 2.45) is 0 Å². The molecule has 2 rings (SSSR count). The minimum absolute atomic E-state index is 0.00917. The normalized spacial score (nSPS) is 27.3. The summed E-state index contributed by atoms with van der Waals surface area (Å²) in [4.78, 5) is 0. The van der Waals surface area contributed by atoms with Crippen molar-refractivity contribution >= 4 is 0 Å². The number of rotatable bonds is 2. The zero-order chi connectivity index (χ0) is 10.6. The second-order valence-corrected chi connectivity index (χ2v) is 4.41. The Balaban J connectivity index is 2.27. The van der Waals surface area contributed by atoms with Gasteiger partial charge in [0.25, 0.3) is 0 Å². The Morgan fingerprint density at radius 2 is 1.93 bits per heavy atom. The van der Waals surface area contributed by atoms with Crippen molar-refractivity contribution in [1.29, 1.82) is 0 Å². The van der Waals surface area contributed by atoms with Crippen LogP contribution in [0.2, 0.25) is 0 Å². The lowest BCUT2D eigenvalue weighted by molar-refractivity contribution is 0.179. The lowest BCUT2D eigenvalue weighted by atomic mass is 9.75. The van der Waals surface area contributed by atoms with Crippen LogP contribution in [0.15, 0.2) is 30.3 Å². The fourth-order valence-corrected chi connectivity index (χ4v) is 2.46. The highest BCUT2D eigenvalue weighted by molar-refractivity contribution is 5.25. The van der Waals surface area contributed by atoms with Gasteiger partial charge in [0.05, 0.1) is 6.61 Å². The average molecular weight is 205 g/mol. The molecule has 1 aliphatic heterocycles. The van der Waals surface area contributed by atoms with E-state index in [-0.39, 0.29) is 12.0 Å². The van der Waals surface area contributed by atoms with Crippen molar-refractivity contribution in [3.8, 4) is 0 Å². The molecule has 0 aliphatic carbocycles. The average Bonchev–Trinajstić information content (AvgIpc) is 2.56. The molecule has 0 unspecified atom stereocenters. The van der Waals surface area contributed by atoms with Gasteiger partial charge in [-0.3, -0.25) is 0 Å². The third kappa shape index (κ3) is 2.21. The molecule has 0 saturated carbocycles. The van der Waals surface area contributed by atoms with Crippen LogP contribution in [0.4, 0.5) is 0 Å². The second kappa shape index (κ2) is 4.77. The van der Waals surface area contributed by atoms with Crippen molar-refractivity contribution < 1.29 is 5.11 Å². The molecule has 0 radical (unpaired) electrons. The summed E-state index contributed by atoms with van der Waals surface area (Å²) in [6, 6.07) is 10.4. The number of aliphatic hydroxyl groups is 1. The standard InChI is InChI=1S/C13H19NO/c15-11-13(7-4-9-14-10-8-13)12-5-2-1-3-6-12/h1-3,5-6,14-15H,4,7-11H2/t13-/m0/s1. The molecule has 0 bridgehead atoms. The zero-order valence-corrected chi connectivity index (χ0v) is 9.08. The van der Waals surface area contributed by atoms with Crippen LogP contribution in [0.25, 0.3) is 0 Å². The van der Waals surface area contributed by atoms with Gasteiger partial charge in [-0.25, -0.2) is 0 Å². The van der Waals surface area contributed by atoms with Gasteiger partial charge < -0.3 is 10.4 Å². The molecule has 0 aromatic heterocycles. The molecule has 1 aromatic rings. The van der Waals surface area contributed by atoms with E-state index in [1.165, 1.54) is 5.56 Å². The Morgan fingerprint density at radius 1 is 1.13 bits per heavy atom. The van der Waals surface area contributed by atoms with Crippen LogP contribution in [0.5, 0.6) is 0 Å². The molecule has 2 N–H and O–H groups in total. The molecule has 82 valence electrons. The van der Waals surface area contributed by atoms with Crippen LogP contribution < -0.4 is 5.32 Å². The minimum Gasteiger partial charge on any atom is -0.395 e. The summed E-state index contributed by atoms with van der Waals surface area (Å²) in [6.07, 6.45) is 3.27. The van der Waals surface area contributed by atoms with E-state index in [0.717, 1.165) is 32.4 Å². The van der Waals surface area contributed by atoms with Gasteiger partial charge in [-0.05, 0) is 37.9 Å². The number of benzene rings is 1. The van der Waals surface area contributed by atoms with E-state index >= 15 is 0 Å². The van der Waals surface area contributed by atoms with E-state index in [4.69, 9.17) is 0 Å². The summed E-state index contributed by atoms with van der Waals surface area (Å²) in [5, 5.41) is 13.1. The number of nitrogens with one attached hydrogen (secondary N) is 1. The molecular weight excluding hydrogens is 186 g/mol. The molecule has 0 amide bonds. The van der Waals surface area contributed by atoms with Crippen LogP contribution in [-0.2, 0) is 5.41 Å². The molecule has 1 atom stereocenters. The van der Waals surface area contributed by atoms with Crippen molar-refractivity contribution in [3.05, 3.63) is 35.9 Å². The van der Waals surface area contributed by atoms with Crippen LogP contribution >= 0.6 is 0 Å². The Kier molecular flexibility index (Phi) is 3.39. The van der Waals surface area contributed by atoms with Crippen LogP contribution in [0.3, 0.4) is 0 Å². The zero-order valence-electron chi connectivity index (χ0n) is 9.08. The highest BCUT2D eigenvalue weighted by atomic mass is 16.3. The number of hydrogen-bond acceptors (Lipinski definition) is 2. The van der Waals surface area contributed by atoms with Gasteiger partial charge in [0.2, 0.25) is 0 Å². The lowest BCUT2D eigenvalue weighted by Crippen LogP contribution is -2.31. The van der Waals surface area contributed by atoms with Gasteiger partial charge in [-0.15, -0.1) is 0 Å². The summed E-state index contributed by atoms with van der Waals surface area (Å²) in [5.41, 5.74) is 1.28. The van der Waals surface area contributed by atoms with E-state index < -0.39 is 0 Å². The maximum absolute atomic E-state index is 9.69. The molecule has 2 heteroatoms. The molecule has 1 fully saturated rings. The smallest absolute Gasteiger partial charge is 0.0528 e. The van der Waals surface area contributed by atoms with Crippen LogP contribution in [-0.4, -0.2) is 24.8 Å². The molecule has 15 heavy (non-hydrogen) atoms. The third-order valence-electron chi connectivity index (χ3n) is 3.48. The van der Waals surface area contributed by atoms with Crippen LogP contribution in [0, 0.1) is 0 Å². The highest BCUT2D eigenvalue weighted by Gasteiger charge is 2.31. The van der Waals surface area contributed by atoms with E-state index in [2.05, 4.69) is 29.6 Å². The first-order chi connectivity index (χ1) is 7.37. The van der Waals surface area contributed by atoms with Crippen molar-refractivity contribution in [1.82, 2.24) is 5.32 Å². The Labute approximate surface area is 91.3 Å². The van der Waals surface area contributed by atoms with E-state index in [0.29, 0.717) is 0 Å². The van der Waals surface area contributed by atoms with Gasteiger partial charge in [-0.2, -0.15) is 0 Å². The van der Waals surface area contributed by atoms with Gasteiger partial charge in [0, 0.05) is 5.41 Å². The number of hydrogen-bond donors (Lipinski definition) is 2. The SMILES string of the molecule is OC[C@]1(c2ccccc2)CCCNCC1. The van der Waals surface area contributed by atoms with Gasteiger partial charge >= 0.3 is 0 Å². The second-order valence-electron chi connectivity index (χ2n) is 4.41. The Hall–Kier alpha value is -0.860. The largest absolute Gasteiger partial charge is 0.395 e. The van der Waals surface area contributed by atoms with Crippen molar-refractivity contribution in [2.75, 3.05) is 19.7 Å². The topological polar surface area (TPSA) is 32.3 Å². The molecule has 1 saturated heterocycles. The van der Waals surface area contributed by atoms with Gasteiger partial charge in [-0.1, -0.05) is 30.3 Å². The molecule has 1 heterocycles. The third-order valence-corrected chi connectivity index (χ3v) is 3.48. The molecular formula is C13H19NO. The monoisotopic (exact) mass is 205 g/mol. The minimum atomic E-state index is -0.00917. The summed E-state index contributed by atoms with van der Waals surface area (Å²) in [5.74, 6) is 0. The van der Waals surface area contributed by atoms with Gasteiger partial charge in [0.1, 0.15) is 0 Å². The van der Waals surface area contributed by atoms with E-state index in [1.54, 1.807) is 0 Å². The Morgan fingerprint density at radius 3 is 2.67 bits per heavy atom. The maximum atomic E-state index is 9.69. The first-order valence-corrected chi connectivity index (χ1v) is 5.74. The van der Waals surface area contributed by atoms with E-state index in [9.17, 15) is 5.11 Å². The quantitative estimate of drug-likeness (QED) is 0.770. The predicted octanol–water partition coefficient (Wildman–Crippen LogP) is 1.69. The number of aliphatic hydroxyl groups excluding tert-OH is 1. The molecule has 1 aliphatic rings. The molecule has 0 spiro atoms. The summed E-state index contributed by atoms with van der Waals surface area (Å²) < 4.78 is 0. The summed E-state index contributed by atoms with van der Waals surface area (Å²) >= 11 is 0. The highest BCUT2D eigenvalue weighted by Crippen LogP contribution is 2.33. The first-order valence-electron chi connectivity index (χ1n) is 5.74. The maximum Gasteiger partial charge on any atom is 0.0528 e.